The minimum Gasteiger partial charge on any atom is -0.278 e. The molecule has 0 aromatic rings. The van der Waals surface area contributed by atoms with Gasteiger partial charge in [-0.1, -0.05) is 115 Å². The molecule has 0 aromatic carbocycles. The molecule has 0 aliphatic heterocycles. The van der Waals surface area contributed by atoms with Crippen LogP contribution in [0.5, 0.6) is 0 Å². The first-order valence-corrected chi connectivity index (χ1v) is 16.0. The van der Waals surface area contributed by atoms with E-state index in [4.69, 9.17) is 0 Å². The molecule has 0 radical (unpaired) electrons. The van der Waals surface area contributed by atoms with E-state index >= 15 is 0 Å². The SMILES string of the molecule is CCCCCC/C=C/CCCCCCCC(=O)NC(=O)NC(=O)CCCCCCC/C=C/CCCCCC. The fraction of sp³-hybridized carbons (Fsp3) is 0.788. The number of carbonyl (C=O) groups excluding carboxylic acids is 3. The predicted octanol–water partition coefficient (Wildman–Crippen LogP) is 9.85. The standard InChI is InChI=1S/C33H60N2O3/c1-3-5-7-9-11-13-15-17-19-21-23-25-27-29-31(36)34-33(38)35-32(37)30-28-26-24-22-20-18-16-14-12-10-8-6-4-2/h13-16H,3-12,17-30H2,1-2H3,(H2,34,35,36,37,38)/b15-13+,16-14+. The van der Waals surface area contributed by atoms with Gasteiger partial charge >= 0.3 is 6.03 Å². The molecule has 2 N–H and O–H groups in total. The molecular weight excluding hydrogens is 472 g/mol. The summed E-state index contributed by atoms with van der Waals surface area (Å²) < 4.78 is 0. The lowest BCUT2D eigenvalue weighted by molar-refractivity contribution is -0.120. The molecule has 38 heavy (non-hydrogen) atoms. The molecule has 0 saturated heterocycles. The smallest absolute Gasteiger partial charge is 0.278 e. The van der Waals surface area contributed by atoms with E-state index < -0.39 is 6.03 Å². The topological polar surface area (TPSA) is 75.3 Å². The van der Waals surface area contributed by atoms with Gasteiger partial charge in [-0.2, -0.15) is 0 Å². The summed E-state index contributed by atoms with van der Waals surface area (Å²) in [4.78, 5) is 35.7. The van der Waals surface area contributed by atoms with Gasteiger partial charge in [0.1, 0.15) is 0 Å². The van der Waals surface area contributed by atoms with Crippen LogP contribution < -0.4 is 10.6 Å². The fourth-order valence-electron chi connectivity index (χ4n) is 4.41. The Hall–Kier alpha value is -1.91. The highest BCUT2D eigenvalue weighted by molar-refractivity contribution is 6.01. The van der Waals surface area contributed by atoms with E-state index in [0.29, 0.717) is 12.8 Å². The van der Waals surface area contributed by atoms with Crippen LogP contribution in [0.2, 0.25) is 0 Å². The summed E-state index contributed by atoms with van der Waals surface area (Å²) in [6.07, 6.45) is 35.6. The molecule has 0 aliphatic rings. The lowest BCUT2D eigenvalue weighted by Gasteiger charge is -2.06. The number of urea groups is 1. The van der Waals surface area contributed by atoms with Crippen LogP contribution in [0.3, 0.4) is 0 Å². The molecule has 0 bridgehead atoms. The number of imide groups is 2. The van der Waals surface area contributed by atoms with Gasteiger partial charge in [-0.15, -0.1) is 0 Å². The monoisotopic (exact) mass is 532 g/mol. The lowest BCUT2D eigenvalue weighted by Crippen LogP contribution is -2.42. The van der Waals surface area contributed by atoms with E-state index in [1.54, 1.807) is 0 Å². The zero-order chi connectivity index (χ0) is 27.9. The average molecular weight is 533 g/mol. The molecule has 0 spiro atoms. The van der Waals surface area contributed by atoms with Crippen molar-refractivity contribution in [1.82, 2.24) is 10.6 Å². The van der Waals surface area contributed by atoms with Gasteiger partial charge in [0.05, 0.1) is 0 Å². The van der Waals surface area contributed by atoms with Crippen molar-refractivity contribution < 1.29 is 14.4 Å². The highest BCUT2D eigenvalue weighted by Gasteiger charge is 2.10. The van der Waals surface area contributed by atoms with E-state index in [9.17, 15) is 14.4 Å². The second-order valence-corrected chi connectivity index (χ2v) is 10.7. The van der Waals surface area contributed by atoms with E-state index in [2.05, 4.69) is 48.8 Å². The molecule has 0 saturated carbocycles. The molecule has 0 atom stereocenters. The third-order valence-electron chi connectivity index (χ3n) is 6.84. The van der Waals surface area contributed by atoms with E-state index in [1.165, 1.54) is 89.9 Å². The van der Waals surface area contributed by atoms with Crippen molar-refractivity contribution in [1.29, 1.82) is 0 Å². The number of hydrogen-bond acceptors (Lipinski definition) is 3. The Morgan fingerprint density at radius 1 is 0.421 bits per heavy atom. The maximum Gasteiger partial charge on any atom is 0.328 e. The summed E-state index contributed by atoms with van der Waals surface area (Å²) in [6, 6.07) is -0.692. The van der Waals surface area contributed by atoms with Crippen molar-refractivity contribution in [3.63, 3.8) is 0 Å². The largest absolute Gasteiger partial charge is 0.328 e. The van der Waals surface area contributed by atoms with Crippen molar-refractivity contribution in [3.05, 3.63) is 24.3 Å². The van der Waals surface area contributed by atoms with E-state index in [0.717, 1.165) is 51.4 Å². The zero-order valence-electron chi connectivity index (χ0n) is 25.0. The van der Waals surface area contributed by atoms with Gasteiger partial charge < -0.3 is 0 Å². The number of carbonyl (C=O) groups is 3. The van der Waals surface area contributed by atoms with Crippen molar-refractivity contribution in [2.45, 2.75) is 168 Å². The van der Waals surface area contributed by atoms with Crippen molar-refractivity contribution >= 4 is 17.8 Å². The number of amides is 4. The number of nitrogens with one attached hydrogen (secondary N) is 2. The van der Waals surface area contributed by atoms with Gasteiger partial charge in [0.2, 0.25) is 11.8 Å². The summed E-state index contributed by atoms with van der Waals surface area (Å²) in [5.74, 6) is -0.618. The number of rotatable bonds is 26. The first kappa shape index (κ1) is 36.1. The summed E-state index contributed by atoms with van der Waals surface area (Å²) >= 11 is 0. The summed E-state index contributed by atoms with van der Waals surface area (Å²) in [6.45, 7) is 4.48. The van der Waals surface area contributed by atoms with E-state index in [-0.39, 0.29) is 11.8 Å². The van der Waals surface area contributed by atoms with Crippen LogP contribution in [0, 0.1) is 0 Å². The van der Waals surface area contributed by atoms with Crippen molar-refractivity contribution in [2.24, 2.45) is 0 Å². The molecule has 4 amide bonds. The van der Waals surface area contributed by atoms with Gasteiger partial charge in [0, 0.05) is 12.8 Å². The first-order valence-electron chi connectivity index (χ1n) is 16.0. The Morgan fingerprint density at radius 2 is 0.711 bits per heavy atom. The Bertz CT molecular complexity index is 576. The first-order chi connectivity index (χ1) is 18.6. The quantitative estimate of drug-likeness (QED) is 0.0859. The van der Waals surface area contributed by atoms with Crippen LogP contribution in [0.25, 0.3) is 0 Å². The molecular formula is C33H60N2O3. The molecule has 0 aliphatic carbocycles. The Labute approximate surface area is 235 Å². The molecule has 220 valence electrons. The van der Waals surface area contributed by atoms with Crippen molar-refractivity contribution in [2.75, 3.05) is 0 Å². The normalized spacial score (nSPS) is 11.4. The minimum absolute atomic E-state index is 0.309. The maximum absolute atomic E-state index is 11.9. The Kier molecular flexibility index (Phi) is 28.2. The van der Waals surface area contributed by atoms with E-state index in [1.807, 2.05) is 0 Å². The minimum atomic E-state index is -0.692. The molecule has 0 rings (SSSR count). The van der Waals surface area contributed by atoms with Gasteiger partial charge in [-0.3, -0.25) is 20.2 Å². The molecule has 5 heteroatoms. The van der Waals surface area contributed by atoms with Crippen LogP contribution in [0.15, 0.2) is 24.3 Å². The number of unbranched alkanes of at least 4 members (excludes halogenated alkanes) is 18. The summed E-state index contributed by atoms with van der Waals surface area (Å²) in [7, 11) is 0. The summed E-state index contributed by atoms with van der Waals surface area (Å²) in [5, 5.41) is 4.56. The Morgan fingerprint density at radius 3 is 1.05 bits per heavy atom. The highest BCUT2D eigenvalue weighted by Crippen LogP contribution is 2.10. The highest BCUT2D eigenvalue weighted by atomic mass is 16.2. The second-order valence-electron chi connectivity index (χ2n) is 10.7. The maximum atomic E-state index is 11.9. The molecule has 0 aromatic heterocycles. The average Bonchev–Trinajstić information content (AvgIpc) is 2.89. The van der Waals surface area contributed by atoms with Crippen LogP contribution in [0.4, 0.5) is 4.79 Å². The van der Waals surface area contributed by atoms with Gasteiger partial charge in [0.15, 0.2) is 0 Å². The Balaban J connectivity index is 3.51. The van der Waals surface area contributed by atoms with Crippen LogP contribution in [0.1, 0.15) is 168 Å². The fourth-order valence-corrected chi connectivity index (χ4v) is 4.41. The lowest BCUT2D eigenvalue weighted by atomic mass is 10.1. The van der Waals surface area contributed by atoms with Crippen molar-refractivity contribution in [3.8, 4) is 0 Å². The number of hydrogen-bond donors (Lipinski definition) is 2. The van der Waals surface area contributed by atoms with Gasteiger partial charge in [0.25, 0.3) is 0 Å². The second kappa shape index (κ2) is 29.6. The molecule has 5 nitrogen and oxygen atoms in total. The van der Waals surface area contributed by atoms with Gasteiger partial charge in [-0.25, -0.2) is 4.79 Å². The third-order valence-corrected chi connectivity index (χ3v) is 6.84. The zero-order valence-corrected chi connectivity index (χ0v) is 25.0. The molecule has 0 fully saturated rings. The van der Waals surface area contributed by atoms with Gasteiger partial charge in [-0.05, 0) is 64.2 Å². The van der Waals surface area contributed by atoms with Crippen LogP contribution >= 0.6 is 0 Å². The number of allylic oxidation sites excluding steroid dienone is 4. The predicted molar refractivity (Wildman–Crippen MR) is 162 cm³/mol. The van der Waals surface area contributed by atoms with Crippen LogP contribution in [-0.2, 0) is 9.59 Å². The third kappa shape index (κ3) is 28.7. The van der Waals surface area contributed by atoms with Crippen LogP contribution in [-0.4, -0.2) is 17.8 Å². The molecule has 0 heterocycles. The summed E-state index contributed by atoms with van der Waals surface area (Å²) in [5.41, 5.74) is 0. The molecule has 0 unspecified atom stereocenters.